The predicted octanol–water partition coefficient (Wildman–Crippen LogP) is 3.82. The number of halogens is 1. The smallest absolute Gasteiger partial charge is 0.100 e. The number of hydrogen-bond acceptors (Lipinski definition) is 2. The number of nitrogens with zero attached hydrogens (tertiary/aromatic N) is 1. The van der Waals surface area contributed by atoms with Crippen LogP contribution in [-0.2, 0) is 6.42 Å². The molecular formula is C10H10ClNS. The molecule has 0 unspecified atom stereocenters. The molecule has 0 saturated heterocycles. The number of hydrogen-bond donors (Lipinski definition) is 0. The summed E-state index contributed by atoms with van der Waals surface area (Å²) in [5, 5.41) is 1.95. The lowest BCUT2D eigenvalue weighted by Crippen LogP contribution is -1.78. The monoisotopic (exact) mass is 211 g/mol. The second-order valence-electron chi connectivity index (χ2n) is 3.00. The van der Waals surface area contributed by atoms with Crippen LogP contribution in [-0.4, -0.2) is 4.98 Å². The van der Waals surface area contributed by atoms with Gasteiger partial charge in [-0.05, 0) is 25.0 Å². The molecule has 0 radical (unpaired) electrons. The summed E-state index contributed by atoms with van der Waals surface area (Å²) in [5.74, 6) is 0. The number of thiazole rings is 1. The van der Waals surface area contributed by atoms with Gasteiger partial charge in [0.25, 0.3) is 0 Å². The molecule has 0 spiro atoms. The molecule has 1 aromatic carbocycles. The van der Waals surface area contributed by atoms with Gasteiger partial charge in [-0.1, -0.05) is 24.6 Å². The summed E-state index contributed by atoms with van der Waals surface area (Å²) < 4.78 is 1.19. The molecule has 13 heavy (non-hydrogen) atoms. The Morgan fingerprint density at radius 2 is 2.23 bits per heavy atom. The van der Waals surface area contributed by atoms with Crippen molar-refractivity contribution >= 4 is 33.2 Å². The van der Waals surface area contributed by atoms with Gasteiger partial charge in [-0.3, -0.25) is 0 Å². The van der Waals surface area contributed by atoms with Crippen molar-refractivity contribution in [2.45, 2.75) is 20.3 Å². The molecule has 1 nitrogen and oxygen atoms in total. The zero-order chi connectivity index (χ0) is 9.42. The molecule has 0 amide bonds. The highest BCUT2D eigenvalue weighted by Crippen LogP contribution is 2.30. The maximum Gasteiger partial charge on any atom is 0.100 e. The molecule has 2 rings (SSSR count). The highest BCUT2D eigenvalue weighted by atomic mass is 35.5. The lowest BCUT2D eigenvalue weighted by atomic mass is 10.2. The third kappa shape index (κ3) is 1.45. The molecular weight excluding hydrogens is 202 g/mol. The summed E-state index contributed by atoms with van der Waals surface area (Å²) in [7, 11) is 0. The molecule has 0 aliphatic rings. The van der Waals surface area contributed by atoms with Crippen molar-refractivity contribution in [1.29, 1.82) is 0 Å². The molecule has 0 aliphatic carbocycles. The normalized spacial score (nSPS) is 11.0. The van der Waals surface area contributed by atoms with Crippen molar-refractivity contribution < 1.29 is 0 Å². The minimum absolute atomic E-state index is 0.799. The van der Waals surface area contributed by atoms with Crippen LogP contribution in [0.3, 0.4) is 0 Å². The van der Waals surface area contributed by atoms with E-state index >= 15 is 0 Å². The first-order chi connectivity index (χ1) is 6.22. The molecule has 0 saturated carbocycles. The maximum atomic E-state index is 6.14. The Labute approximate surface area is 86.4 Å². The van der Waals surface area contributed by atoms with Crippen molar-refractivity contribution in [3.63, 3.8) is 0 Å². The fraction of sp³-hybridized carbons (Fsp3) is 0.300. The number of rotatable bonds is 1. The molecule has 0 bridgehead atoms. The van der Waals surface area contributed by atoms with Crippen molar-refractivity contribution in [1.82, 2.24) is 4.98 Å². The summed E-state index contributed by atoms with van der Waals surface area (Å²) in [6.45, 7) is 4.12. The van der Waals surface area contributed by atoms with Crippen LogP contribution in [0.1, 0.15) is 17.5 Å². The fourth-order valence-electron chi connectivity index (χ4n) is 1.26. The standard InChI is InChI=1S/C10H10ClNS/c1-3-8-12-10-7(13-8)5-4-6(2)9(10)11/h4-5H,3H2,1-2H3. The lowest BCUT2D eigenvalue weighted by Gasteiger charge is -1.95. The van der Waals surface area contributed by atoms with Gasteiger partial charge in [-0.2, -0.15) is 0 Å². The van der Waals surface area contributed by atoms with Gasteiger partial charge in [0.05, 0.1) is 14.7 Å². The Bertz CT molecular complexity index is 447. The second-order valence-corrected chi connectivity index (χ2v) is 4.50. The lowest BCUT2D eigenvalue weighted by molar-refractivity contribution is 1.11. The minimum Gasteiger partial charge on any atom is -0.240 e. The highest BCUT2D eigenvalue weighted by molar-refractivity contribution is 7.18. The van der Waals surface area contributed by atoms with Crippen LogP contribution < -0.4 is 0 Å². The Morgan fingerprint density at radius 3 is 2.92 bits per heavy atom. The van der Waals surface area contributed by atoms with Crippen molar-refractivity contribution in [3.05, 3.63) is 27.7 Å². The van der Waals surface area contributed by atoms with E-state index in [1.807, 2.05) is 13.0 Å². The van der Waals surface area contributed by atoms with Crippen LogP contribution in [0.25, 0.3) is 10.2 Å². The van der Waals surface area contributed by atoms with Crippen LogP contribution in [0.4, 0.5) is 0 Å². The van der Waals surface area contributed by atoms with Crippen molar-refractivity contribution in [2.24, 2.45) is 0 Å². The average Bonchev–Trinajstić information content (AvgIpc) is 2.55. The minimum atomic E-state index is 0.799. The molecule has 3 heteroatoms. The second kappa shape index (κ2) is 3.28. The van der Waals surface area contributed by atoms with Gasteiger partial charge in [-0.25, -0.2) is 4.98 Å². The molecule has 0 N–H and O–H groups in total. The fourth-order valence-corrected chi connectivity index (χ4v) is 2.44. The summed E-state index contributed by atoms with van der Waals surface area (Å²) in [5.41, 5.74) is 2.06. The van der Waals surface area contributed by atoms with Gasteiger partial charge in [0.2, 0.25) is 0 Å². The summed E-state index contributed by atoms with van der Waals surface area (Å²) in [6, 6.07) is 4.13. The maximum absolute atomic E-state index is 6.14. The summed E-state index contributed by atoms with van der Waals surface area (Å²) >= 11 is 7.87. The Morgan fingerprint density at radius 1 is 1.46 bits per heavy atom. The number of aryl methyl sites for hydroxylation is 2. The van der Waals surface area contributed by atoms with E-state index in [1.54, 1.807) is 11.3 Å². The van der Waals surface area contributed by atoms with Crippen LogP contribution in [0.2, 0.25) is 5.02 Å². The number of benzene rings is 1. The number of aromatic nitrogens is 1. The molecule has 0 fully saturated rings. The zero-order valence-corrected chi connectivity index (χ0v) is 9.17. The highest BCUT2D eigenvalue weighted by Gasteiger charge is 2.07. The van der Waals surface area contributed by atoms with E-state index in [4.69, 9.17) is 11.6 Å². The molecule has 0 aliphatic heterocycles. The summed E-state index contributed by atoms with van der Waals surface area (Å²) in [6.07, 6.45) is 0.981. The van der Waals surface area contributed by atoms with Gasteiger partial charge >= 0.3 is 0 Å². The first kappa shape index (κ1) is 8.97. The molecule has 1 aromatic heterocycles. The quantitative estimate of drug-likeness (QED) is 0.699. The average molecular weight is 212 g/mol. The van der Waals surface area contributed by atoms with Crippen LogP contribution in [0, 0.1) is 6.92 Å². The van der Waals surface area contributed by atoms with Gasteiger partial charge < -0.3 is 0 Å². The van der Waals surface area contributed by atoms with Crippen molar-refractivity contribution in [3.8, 4) is 0 Å². The zero-order valence-electron chi connectivity index (χ0n) is 7.60. The third-order valence-corrected chi connectivity index (χ3v) is 3.68. The van der Waals surface area contributed by atoms with E-state index < -0.39 is 0 Å². The molecule has 1 heterocycles. The Kier molecular flexibility index (Phi) is 2.26. The third-order valence-electron chi connectivity index (χ3n) is 2.04. The first-order valence-corrected chi connectivity index (χ1v) is 5.46. The molecule has 2 aromatic rings. The SMILES string of the molecule is CCc1nc2c(Cl)c(C)ccc2s1. The van der Waals surface area contributed by atoms with E-state index in [-0.39, 0.29) is 0 Å². The Balaban J connectivity index is 2.76. The first-order valence-electron chi connectivity index (χ1n) is 4.27. The van der Waals surface area contributed by atoms with Gasteiger partial charge in [0, 0.05) is 0 Å². The van der Waals surface area contributed by atoms with E-state index in [9.17, 15) is 0 Å². The van der Waals surface area contributed by atoms with Gasteiger partial charge in [0.15, 0.2) is 0 Å². The topological polar surface area (TPSA) is 12.9 Å². The van der Waals surface area contributed by atoms with Crippen LogP contribution in [0.5, 0.6) is 0 Å². The van der Waals surface area contributed by atoms with Crippen LogP contribution in [0.15, 0.2) is 12.1 Å². The van der Waals surface area contributed by atoms with Gasteiger partial charge in [0.1, 0.15) is 5.52 Å². The number of fused-ring (bicyclic) bond motifs is 1. The predicted molar refractivity (Wildman–Crippen MR) is 58.7 cm³/mol. The van der Waals surface area contributed by atoms with E-state index in [0.29, 0.717) is 0 Å². The van der Waals surface area contributed by atoms with E-state index in [0.717, 1.165) is 27.5 Å². The largest absolute Gasteiger partial charge is 0.240 e. The van der Waals surface area contributed by atoms with Gasteiger partial charge in [-0.15, -0.1) is 11.3 Å². The van der Waals surface area contributed by atoms with Crippen molar-refractivity contribution in [2.75, 3.05) is 0 Å². The van der Waals surface area contributed by atoms with E-state index in [1.165, 1.54) is 4.70 Å². The molecule has 68 valence electrons. The Hall–Kier alpha value is -0.600. The van der Waals surface area contributed by atoms with Crippen LogP contribution >= 0.6 is 22.9 Å². The van der Waals surface area contributed by atoms with E-state index in [2.05, 4.69) is 18.0 Å². The summed E-state index contributed by atoms with van der Waals surface area (Å²) in [4.78, 5) is 4.48. The molecule has 0 atom stereocenters.